The van der Waals surface area contributed by atoms with Crippen LogP contribution in [0.4, 0.5) is 20.6 Å². The molecule has 3 aromatic carbocycles. The zero-order valence-corrected chi connectivity index (χ0v) is 17.8. The number of carbonyl (C=O) groups excluding carboxylic acids is 1. The third-order valence-electron chi connectivity index (χ3n) is 5.83. The molecule has 9 nitrogen and oxygen atoms in total. The molecule has 0 aliphatic heterocycles. The topological polar surface area (TPSA) is 148 Å². The maximum Gasteiger partial charge on any atom is 0.407 e. The molecule has 1 aliphatic carbocycles. The number of nitrogens with zero attached hydrogens (tertiary/aromatic N) is 1. The summed E-state index contributed by atoms with van der Waals surface area (Å²) in [5.74, 6) is -1.24. The quantitative estimate of drug-likeness (QED) is 0.237. The first-order valence-electron chi connectivity index (χ1n) is 10.5. The Balaban J connectivity index is 1.36. The molecule has 10 heteroatoms. The first-order valence-corrected chi connectivity index (χ1v) is 10.5. The molecule has 2 atom stereocenters. The van der Waals surface area contributed by atoms with Crippen LogP contribution in [0.1, 0.15) is 28.7 Å². The second-order valence-electron chi connectivity index (χ2n) is 7.91. The van der Waals surface area contributed by atoms with Crippen LogP contribution >= 0.6 is 0 Å². The standard InChI is InChI=1S/C24H22FN3O6/c25-19-9-13(10-20(22(19)26)28(32)33)23(30)21(29)11-27-24(31)34-12-18-16-7-3-1-5-14(16)15-6-2-4-8-17(15)18/h1-10,18,21,23,29-30H,11-12,26H2,(H,27,31). The van der Waals surface area contributed by atoms with E-state index in [1.165, 1.54) is 0 Å². The van der Waals surface area contributed by atoms with E-state index < -0.39 is 47.0 Å². The Hall–Kier alpha value is -4.02. The number of nitrogen functional groups attached to an aromatic ring is 1. The largest absolute Gasteiger partial charge is 0.449 e. The number of nitro groups is 1. The number of nitrogens with two attached hydrogens (primary N) is 1. The fraction of sp³-hybridized carbons (Fsp3) is 0.208. The Morgan fingerprint density at radius 2 is 1.71 bits per heavy atom. The molecule has 5 N–H and O–H groups in total. The number of fused-ring (bicyclic) bond motifs is 3. The van der Waals surface area contributed by atoms with Gasteiger partial charge in [-0.15, -0.1) is 0 Å². The molecule has 0 radical (unpaired) electrons. The molecule has 1 aliphatic rings. The number of halogens is 1. The Labute approximate surface area is 193 Å². The van der Waals surface area contributed by atoms with E-state index in [0.29, 0.717) is 0 Å². The van der Waals surface area contributed by atoms with Gasteiger partial charge in [0.1, 0.15) is 24.5 Å². The minimum absolute atomic E-state index is 0.0634. The number of aliphatic hydroxyl groups excluding tert-OH is 2. The second kappa shape index (κ2) is 9.46. The van der Waals surface area contributed by atoms with E-state index in [9.17, 15) is 29.5 Å². The molecule has 0 aromatic heterocycles. The molecule has 4 rings (SSSR count). The molecular weight excluding hydrogens is 445 g/mol. The molecule has 176 valence electrons. The van der Waals surface area contributed by atoms with Crippen molar-refractivity contribution in [2.45, 2.75) is 18.1 Å². The normalized spacial score (nSPS) is 14.1. The Kier molecular flexibility index (Phi) is 6.44. The number of anilines is 1. The van der Waals surface area contributed by atoms with Crippen molar-refractivity contribution in [3.8, 4) is 11.1 Å². The van der Waals surface area contributed by atoms with Gasteiger partial charge in [0.05, 0.1) is 4.92 Å². The summed E-state index contributed by atoms with van der Waals surface area (Å²) in [6, 6.07) is 17.4. The van der Waals surface area contributed by atoms with Crippen LogP contribution in [0.5, 0.6) is 0 Å². The highest BCUT2D eigenvalue weighted by Crippen LogP contribution is 2.44. The minimum atomic E-state index is -1.71. The molecule has 34 heavy (non-hydrogen) atoms. The highest BCUT2D eigenvalue weighted by molar-refractivity contribution is 5.79. The number of nitrogens with one attached hydrogen (secondary N) is 1. The van der Waals surface area contributed by atoms with Crippen molar-refractivity contribution in [3.63, 3.8) is 0 Å². The SMILES string of the molecule is Nc1c(F)cc(C(O)C(O)CNC(=O)OCC2c3ccccc3-c3ccccc32)cc1[N+](=O)[O-]. The predicted molar refractivity (Wildman–Crippen MR) is 122 cm³/mol. The van der Waals surface area contributed by atoms with Gasteiger partial charge in [-0.25, -0.2) is 9.18 Å². The first kappa shape index (κ1) is 23.1. The zero-order chi connectivity index (χ0) is 24.4. The highest BCUT2D eigenvalue weighted by Gasteiger charge is 2.29. The van der Waals surface area contributed by atoms with Gasteiger partial charge in [0.2, 0.25) is 0 Å². The van der Waals surface area contributed by atoms with Crippen molar-refractivity contribution in [2.75, 3.05) is 18.9 Å². The number of carbonyl (C=O) groups is 1. The predicted octanol–water partition coefficient (Wildman–Crippen LogP) is 3.25. The van der Waals surface area contributed by atoms with E-state index >= 15 is 0 Å². The van der Waals surface area contributed by atoms with Crippen LogP contribution < -0.4 is 11.1 Å². The molecule has 0 saturated heterocycles. The van der Waals surface area contributed by atoms with E-state index in [0.717, 1.165) is 34.4 Å². The molecule has 0 fully saturated rings. The van der Waals surface area contributed by atoms with Crippen LogP contribution in [0, 0.1) is 15.9 Å². The molecule has 3 aromatic rings. The first-order chi connectivity index (χ1) is 16.3. The van der Waals surface area contributed by atoms with Crippen molar-refractivity contribution in [1.82, 2.24) is 5.32 Å². The lowest BCUT2D eigenvalue weighted by molar-refractivity contribution is -0.384. The number of alkyl carbamates (subject to hydrolysis) is 1. The van der Waals surface area contributed by atoms with E-state index in [4.69, 9.17) is 10.5 Å². The lowest BCUT2D eigenvalue weighted by Crippen LogP contribution is -2.36. The van der Waals surface area contributed by atoms with Crippen molar-refractivity contribution in [1.29, 1.82) is 0 Å². The van der Waals surface area contributed by atoms with Crippen LogP contribution in [-0.4, -0.2) is 40.5 Å². The lowest BCUT2D eigenvalue weighted by Gasteiger charge is -2.19. The minimum Gasteiger partial charge on any atom is -0.449 e. The summed E-state index contributed by atoms with van der Waals surface area (Å²) in [6.45, 7) is -0.370. The number of aliphatic hydroxyl groups is 2. The van der Waals surface area contributed by atoms with Crippen molar-refractivity contribution < 1.29 is 29.1 Å². The summed E-state index contributed by atoms with van der Waals surface area (Å²) in [4.78, 5) is 22.4. The van der Waals surface area contributed by atoms with Crippen LogP contribution in [0.2, 0.25) is 0 Å². The summed E-state index contributed by atoms with van der Waals surface area (Å²) < 4.78 is 19.2. The van der Waals surface area contributed by atoms with Gasteiger partial charge in [-0.3, -0.25) is 10.1 Å². The summed E-state index contributed by atoms with van der Waals surface area (Å²) in [7, 11) is 0. The van der Waals surface area contributed by atoms with Crippen molar-refractivity contribution in [3.05, 3.63) is 93.3 Å². The smallest absolute Gasteiger partial charge is 0.407 e. The van der Waals surface area contributed by atoms with Crippen molar-refractivity contribution >= 4 is 17.5 Å². The van der Waals surface area contributed by atoms with Gasteiger partial charge >= 0.3 is 6.09 Å². The summed E-state index contributed by atoms with van der Waals surface area (Å²) in [5, 5.41) is 33.8. The van der Waals surface area contributed by atoms with Gasteiger partial charge < -0.3 is 26.0 Å². The monoisotopic (exact) mass is 467 g/mol. The van der Waals surface area contributed by atoms with Gasteiger partial charge in [0.15, 0.2) is 5.82 Å². The number of benzene rings is 3. The fourth-order valence-electron chi connectivity index (χ4n) is 4.12. The molecule has 0 spiro atoms. The van der Waals surface area contributed by atoms with E-state index in [-0.39, 0.29) is 18.1 Å². The number of hydrogen-bond donors (Lipinski definition) is 4. The maximum atomic E-state index is 13.9. The van der Waals surface area contributed by atoms with Crippen molar-refractivity contribution in [2.24, 2.45) is 0 Å². The maximum absolute atomic E-state index is 13.9. The molecule has 2 unspecified atom stereocenters. The molecule has 0 saturated carbocycles. The van der Waals surface area contributed by atoms with Gasteiger partial charge in [-0.2, -0.15) is 0 Å². The zero-order valence-electron chi connectivity index (χ0n) is 17.8. The highest BCUT2D eigenvalue weighted by atomic mass is 19.1. The Bertz CT molecular complexity index is 1210. The summed E-state index contributed by atoms with van der Waals surface area (Å²) in [6.07, 6.45) is -4.10. The van der Waals surface area contributed by atoms with Crippen LogP contribution in [0.3, 0.4) is 0 Å². The molecule has 0 heterocycles. The van der Waals surface area contributed by atoms with Crippen LogP contribution in [0.15, 0.2) is 60.7 Å². The Morgan fingerprint density at radius 3 is 2.29 bits per heavy atom. The van der Waals surface area contributed by atoms with Crippen LogP contribution in [0.25, 0.3) is 11.1 Å². The van der Waals surface area contributed by atoms with Gasteiger partial charge in [-0.05, 0) is 33.9 Å². The van der Waals surface area contributed by atoms with E-state index in [1.54, 1.807) is 0 Å². The van der Waals surface area contributed by atoms with Gasteiger partial charge in [0.25, 0.3) is 5.69 Å². The number of amides is 1. The third-order valence-corrected chi connectivity index (χ3v) is 5.83. The van der Waals surface area contributed by atoms with E-state index in [2.05, 4.69) is 5.32 Å². The van der Waals surface area contributed by atoms with Gasteiger partial charge in [-0.1, -0.05) is 48.5 Å². The lowest BCUT2D eigenvalue weighted by atomic mass is 9.98. The molecule has 0 bridgehead atoms. The summed E-state index contributed by atoms with van der Waals surface area (Å²) in [5.41, 5.74) is 7.92. The molecule has 1 amide bonds. The Morgan fingerprint density at radius 1 is 1.12 bits per heavy atom. The number of nitro benzene ring substituents is 1. The average Bonchev–Trinajstić information content (AvgIpc) is 3.15. The molecular formula is C24H22FN3O6. The number of rotatable bonds is 7. The number of ether oxygens (including phenoxy) is 1. The average molecular weight is 467 g/mol. The van der Waals surface area contributed by atoms with E-state index in [1.807, 2.05) is 48.5 Å². The fourth-order valence-corrected chi connectivity index (χ4v) is 4.12. The number of hydrogen-bond acceptors (Lipinski definition) is 7. The van der Waals surface area contributed by atoms with Gasteiger partial charge in [0, 0.05) is 18.5 Å². The summed E-state index contributed by atoms with van der Waals surface area (Å²) >= 11 is 0. The van der Waals surface area contributed by atoms with Crippen LogP contribution in [-0.2, 0) is 4.74 Å². The third kappa shape index (κ3) is 4.41. The second-order valence-corrected chi connectivity index (χ2v) is 7.91.